The van der Waals surface area contributed by atoms with Gasteiger partial charge in [0.05, 0.1) is 82.6 Å². The number of methoxy groups -OCH3 is 3. The lowest BCUT2D eigenvalue weighted by molar-refractivity contribution is -0.870. The molecule has 0 spiro atoms. The SMILES string of the molecule is COc1c(O)c2c(=O)cc(OC)c3c4c(OC)cc(=O)c5c6c(c7c(c(c1C(C(C)=O)C(C)=C7)c23)c54)NC(CCCCCC[N+](C)(C)C)C(C)(C)N6. The molecule has 274 valence electrons. The molecular weight excluding hydrogens is 658 g/mol. The van der Waals surface area contributed by atoms with E-state index in [1.54, 1.807) is 0 Å². The largest absolute Gasteiger partial charge is 0.504 e. The Bertz CT molecular complexity index is 2440. The van der Waals surface area contributed by atoms with E-state index in [9.17, 15) is 19.5 Å². The van der Waals surface area contributed by atoms with Crippen LogP contribution >= 0.6 is 0 Å². The fraction of sp³-hybridized carbons (Fsp3) is 0.452. The van der Waals surface area contributed by atoms with Crippen LogP contribution in [0.3, 0.4) is 0 Å². The molecule has 0 aromatic heterocycles. The molecule has 0 fully saturated rings. The molecule has 2 atom stereocenters. The summed E-state index contributed by atoms with van der Waals surface area (Å²) < 4.78 is 18.7. The quantitative estimate of drug-likeness (QED) is 0.0559. The third-order valence-electron chi connectivity index (χ3n) is 11.4. The maximum atomic E-state index is 14.4. The number of Topliss-reactive ketones (excluding diaryl/α,β-unsaturated/α-hetero) is 1. The Morgan fingerprint density at radius 1 is 0.808 bits per heavy atom. The highest BCUT2D eigenvalue weighted by molar-refractivity contribution is 6.41. The van der Waals surface area contributed by atoms with E-state index < -0.39 is 16.9 Å². The number of phenolic OH excluding ortho intramolecular Hbond substituents is 1. The van der Waals surface area contributed by atoms with Gasteiger partial charge in [-0.15, -0.1) is 0 Å². The van der Waals surface area contributed by atoms with Gasteiger partial charge in [0.15, 0.2) is 22.4 Å². The molecule has 7 rings (SSSR count). The fourth-order valence-electron chi connectivity index (χ4n) is 9.05. The summed E-state index contributed by atoms with van der Waals surface area (Å²) in [4.78, 5) is 42.1. The second-order valence-corrected chi connectivity index (χ2v) is 16.3. The molecule has 10 nitrogen and oxygen atoms in total. The van der Waals surface area contributed by atoms with E-state index in [-0.39, 0.29) is 39.9 Å². The molecular formula is C42H50N3O7+. The van der Waals surface area contributed by atoms with Gasteiger partial charge in [0.1, 0.15) is 17.3 Å². The lowest BCUT2D eigenvalue weighted by Crippen LogP contribution is -2.51. The Morgan fingerprint density at radius 2 is 1.40 bits per heavy atom. The number of benzene rings is 5. The van der Waals surface area contributed by atoms with Crippen molar-refractivity contribution in [3.8, 4) is 23.0 Å². The molecule has 0 amide bonds. The van der Waals surface area contributed by atoms with E-state index in [1.807, 2.05) is 13.0 Å². The number of fused-ring (bicyclic) bond motifs is 4. The van der Waals surface area contributed by atoms with E-state index in [1.165, 1.54) is 46.8 Å². The first-order valence-corrected chi connectivity index (χ1v) is 18.2. The smallest absolute Gasteiger partial charge is 0.194 e. The van der Waals surface area contributed by atoms with Crippen LogP contribution in [0.5, 0.6) is 23.0 Å². The van der Waals surface area contributed by atoms with Gasteiger partial charge >= 0.3 is 0 Å². The second-order valence-electron chi connectivity index (χ2n) is 16.3. The van der Waals surface area contributed by atoms with Crippen molar-refractivity contribution >= 4 is 66.3 Å². The Kier molecular flexibility index (Phi) is 8.48. The minimum Gasteiger partial charge on any atom is -0.504 e. The molecule has 10 heteroatoms. The zero-order valence-electron chi connectivity index (χ0n) is 32.0. The summed E-state index contributed by atoms with van der Waals surface area (Å²) in [6.45, 7) is 8.90. The number of aromatic hydroxyl groups is 1. The zero-order chi connectivity index (χ0) is 37.6. The lowest BCUT2D eigenvalue weighted by atomic mass is 9.79. The molecule has 2 unspecified atom stereocenters. The number of nitrogens with one attached hydrogen (secondary N) is 2. The summed E-state index contributed by atoms with van der Waals surface area (Å²) in [5, 5.41) is 23.5. The molecule has 0 radical (unpaired) electrons. The number of hydrogen-bond acceptors (Lipinski definition) is 9. The lowest BCUT2D eigenvalue weighted by Gasteiger charge is -2.44. The van der Waals surface area contributed by atoms with Crippen LogP contribution < -0.4 is 35.7 Å². The zero-order valence-corrected chi connectivity index (χ0v) is 32.0. The monoisotopic (exact) mass is 708 g/mol. The Labute approximate surface area is 303 Å². The Hall–Kier alpha value is -4.83. The van der Waals surface area contributed by atoms with Crippen molar-refractivity contribution in [2.45, 2.75) is 77.3 Å². The summed E-state index contributed by atoms with van der Waals surface area (Å²) >= 11 is 0. The van der Waals surface area contributed by atoms with Crippen LogP contribution in [0.1, 0.15) is 76.8 Å². The Balaban J connectivity index is 1.62. The maximum absolute atomic E-state index is 14.4. The molecule has 1 aliphatic heterocycles. The van der Waals surface area contributed by atoms with Crippen LogP contribution in [0.4, 0.5) is 11.4 Å². The molecule has 1 aliphatic carbocycles. The number of quaternary nitrogens is 1. The van der Waals surface area contributed by atoms with Gasteiger partial charge in [0.2, 0.25) is 0 Å². The normalized spacial score (nSPS) is 18.0. The van der Waals surface area contributed by atoms with Gasteiger partial charge in [0.25, 0.3) is 0 Å². The van der Waals surface area contributed by atoms with Crippen molar-refractivity contribution in [1.82, 2.24) is 0 Å². The van der Waals surface area contributed by atoms with Crippen molar-refractivity contribution in [1.29, 1.82) is 0 Å². The number of phenols is 1. The number of carbonyl (C=O) groups excluding carboxylic acids is 1. The molecule has 0 saturated heterocycles. The first-order chi connectivity index (χ1) is 24.6. The summed E-state index contributed by atoms with van der Waals surface area (Å²) in [5.41, 5.74) is 2.34. The van der Waals surface area contributed by atoms with Crippen LogP contribution in [-0.2, 0) is 4.79 Å². The summed E-state index contributed by atoms with van der Waals surface area (Å²) in [6, 6.07) is 2.86. The number of rotatable bonds is 11. The molecule has 52 heavy (non-hydrogen) atoms. The van der Waals surface area contributed by atoms with Gasteiger partial charge in [-0.1, -0.05) is 24.5 Å². The number of allylic oxidation sites excluding steroid dienone is 1. The molecule has 2 aliphatic rings. The van der Waals surface area contributed by atoms with Crippen molar-refractivity contribution in [2.24, 2.45) is 0 Å². The molecule has 0 bridgehead atoms. The van der Waals surface area contributed by atoms with E-state index in [4.69, 9.17) is 14.2 Å². The van der Waals surface area contributed by atoms with Gasteiger partial charge in [-0.05, 0) is 52.3 Å². The third kappa shape index (κ3) is 5.20. The fourth-order valence-corrected chi connectivity index (χ4v) is 9.05. The van der Waals surface area contributed by atoms with E-state index in [0.717, 1.165) is 53.5 Å². The van der Waals surface area contributed by atoms with Crippen molar-refractivity contribution < 1.29 is 28.6 Å². The Morgan fingerprint density at radius 3 is 1.98 bits per heavy atom. The number of nitrogens with zero attached hydrogens (tertiary/aromatic N) is 1. The van der Waals surface area contributed by atoms with Crippen LogP contribution in [0.2, 0.25) is 0 Å². The highest BCUT2D eigenvalue weighted by atomic mass is 16.5. The second kappa shape index (κ2) is 12.4. The highest BCUT2D eigenvalue weighted by Crippen LogP contribution is 2.59. The summed E-state index contributed by atoms with van der Waals surface area (Å²) in [5.74, 6) is -0.641. The molecule has 5 aromatic carbocycles. The van der Waals surface area contributed by atoms with E-state index in [2.05, 4.69) is 45.6 Å². The molecule has 0 saturated carbocycles. The summed E-state index contributed by atoms with van der Waals surface area (Å²) in [6.07, 6.45) is 7.44. The minimum absolute atomic E-state index is 0.0192. The van der Waals surface area contributed by atoms with Crippen molar-refractivity contribution in [3.63, 3.8) is 0 Å². The summed E-state index contributed by atoms with van der Waals surface area (Å²) in [7, 11) is 11.1. The van der Waals surface area contributed by atoms with Gasteiger partial charge in [-0.25, -0.2) is 0 Å². The van der Waals surface area contributed by atoms with E-state index >= 15 is 0 Å². The van der Waals surface area contributed by atoms with Crippen molar-refractivity contribution in [2.75, 3.05) is 59.7 Å². The first-order valence-electron chi connectivity index (χ1n) is 18.2. The highest BCUT2D eigenvalue weighted by Gasteiger charge is 2.41. The molecule has 1 heterocycles. The number of anilines is 2. The average molecular weight is 709 g/mol. The number of carbonyl (C=O) groups is 1. The van der Waals surface area contributed by atoms with Gasteiger partial charge in [-0.2, -0.15) is 0 Å². The van der Waals surface area contributed by atoms with E-state index in [0.29, 0.717) is 54.7 Å². The number of ether oxygens (including phenoxy) is 3. The van der Waals surface area contributed by atoms with Crippen LogP contribution in [-0.4, -0.2) is 76.0 Å². The predicted octanol–water partition coefficient (Wildman–Crippen LogP) is 7.36. The van der Waals surface area contributed by atoms with Gasteiger partial charge in [-0.3, -0.25) is 14.4 Å². The van der Waals surface area contributed by atoms with Crippen LogP contribution in [0, 0.1) is 0 Å². The average Bonchev–Trinajstić information content (AvgIpc) is 3.20. The number of unbranched alkanes of at least 4 members (excludes halogenated alkanes) is 3. The third-order valence-corrected chi connectivity index (χ3v) is 11.4. The molecule has 5 aromatic rings. The van der Waals surface area contributed by atoms with Gasteiger partial charge in [0, 0.05) is 56.2 Å². The topological polar surface area (TPSA) is 123 Å². The molecule has 3 N–H and O–H groups in total. The number of ketones is 1. The predicted molar refractivity (Wildman–Crippen MR) is 211 cm³/mol. The standard InChI is InChI=1S/C42H49N3O7/c1-20-17-22-29-34-30(39-38(22)43-27(42(3,4)44-39)15-13-11-12-14-16-45(5,6)7)23(47)18-25(50-8)32(34)33-26(51-9)19-24(48)31-36(33)35(29)37(28(20)21(2)46)41(52-10)40(31)49/h17-19,27-28H,11-16H2,1-10H3,(H2-,43,44,47,48,49)/p+1. The number of hydrogen-bond donors (Lipinski definition) is 3. The van der Waals surface area contributed by atoms with Crippen molar-refractivity contribution in [3.05, 3.63) is 49.3 Å². The maximum Gasteiger partial charge on any atom is 0.194 e. The van der Waals surface area contributed by atoms with Crippen LogP contribution in [0.15, 0.2) is 27.3 Å². The van der Waals surface area contributed by atoms with Gasteiger partial charge < -0.3 is 34.4 Å². The minimum atomic E-state index is -0.804. The van der Waals surface area contributed by atoms with Crippen LogP contribution in [0.25, 0.3) is 49.2 Å². The first kappa shape index (κ1) is 35.6.